The topological polar surface area (TPSA) is 12.7 Å². The molecule has 0 aromatic heterocycles. The molecule has 0 spiro atoms. The Kier molecular flexibility index (Phi) is 13.6. The second kappa shape index (κ2) is 17.8. The Morgan fingerprint density at radius 2 is 1.09 bits per heavy atom. The van der Waals surface area contributed by atoms with Crippen molar-refractivity contribution in [2.75, 3.05) is 80.8 Å². The van der Waals surface area contributed by atoms with Crippen LogP contribution in [-0.2, 0) is 0 Å². The van der Waals surface area contributed by atoms with E-state index in [0.29, 0.717) is 11.8 Å². The van der Waals surface area contributed by atoms with Gasteiger partial charge in [0.15, 0.2) is 5.71 Å². The van der Waals surface area contributed by atoms with Gasteiger partial charge in [0.05, 0.1) is 0 Å². The lowest BCUT2D eigenvalue weighted by Crippen LogP contribution is -2.24. The third kappa shape index (κ3) is 9.53. The van der Waals surface area contributed by atoms with Gasteiger partial charge < -0.3 is 14.7 Å². The Labute approximate surface area is 292 Å². The van der Waals surface area contributed by atoms with Crippen LogP contribution in [0.4, 0.5) is 17.1 Å². The standard InChI is InChI=1S/C41H49Cl2N4/c1-7-46(30-28-42)38-24-16-34(17-25-38)40(32-12-20-36(21-13-32)44(3)4)10-9-11-41(33-14-22-37(23-15-33)45(5)6)35-18-26-39(27-19-35)47(8-2)31-29-43/h9-27H,7-8,28-31H2,1-6H3/q+1. The Morgan fingerprint density at radius 1 is 0.638 bits per heavy atom. The van der Waals surface area contributed by atoms with Crippen LogP contribution in [0.15, 0.2) is 121 Å². The van der Waals surface area contributed by atoms with E-state index in [1.807, 2.05) is 0 Å². The molecule has 246 valence electrons. The molecule has 3 aromatic rings. The van der Waals surface area contributed by atoms with Gasteiger partial charge >= 0.3 is 0 Å². The van der Waals surface area contributed by atoms with Crippen LogP contribution in [0.25, 0.3) is 11.1 Å². The molecule has 0 saturated carbocycles. The second-order valence-corrected chi connectivity index (χ2v) is 12.6. The average Bonchev–Trinajstić information content (AvgIpc) is 3.10. The summed E-state index contributed by atoms with van der Waals surface area (Å²) < 4.78 is 2.13. The van der Waals surface area contributed by atoms with E-state index < -0.39 is 0 Å². The minimum Gasteiger partial charge on any atom is -0.378 e. The molecule has 4 nitrogen and oxygen atoms in total. The predicted octanol–water partition coefficient (Wildman–Crippen LogP) is 9.16. The highest BCUT2D eigenvalue weighted by molar-refractivity contribution is 6.18. The molecule has 0 saturated heterocycles. The number of hydrogen-bond donors (Lipinski definition) is 0. The first-order chi connectivity index (χ1) is 22.8. The molecule has 0 radical (unpaired) electrons. The fourth-order valence-electron chi connectivity index (χ4n) is 5.68. The molecular weight excluding hydrogens is 619 g/mol. The molecular formula is C41H49Cl2N4+. The van der Waals surface area contributed by atoms with Crippen molar-refractivity contribution in [2.45, 2.75) is 13.8 Å². The molecule has 3 aromatic carbocycles. The zero-order chi connectivity index (χ0) is 33.8. The first-order valence-electron chi connectivity index (χ1n) is 16.4. The smallest absolute Gasteiger partial charge is 0.199 e. The van der Waals surface area contributed by atoms with E-state index in [1.165, 1.54) is 33.9 Å². The fourth-order valence-corrected chi connectivity index (χ4v) is 6.09. The largest absolute Gasteiger partial charge is 0.378 e. The summed E-state index contributed by atoms with van der Waals surface area (Å²) in [6.45, 7) is 7.82. The van der Waals surface area contributed by atoms with Gasteiger partial charge in [-0.1, -0.05) is 54.6 Å². The minimum absolute atomic E-state index is 0.605. The Bertz CT molecular complexity index is 1620. The van der Waals surface area contributed by atoms with Crippen molar-refractivity contribution in [3.05, 3.63) is 138 Å². The molecule has 0 atom stereocenters. The van der Waals surface area contributed by atoms with Crippen LogP contribution < -0.4 is 14.7 Å². The summed E-state index contributed by atoms with van der Waals surface area (Å²) in [5.41, 5.74) is 11.7. The van der Waals surface area contributed by atoms with Crippen molar-refractivity contribution in [1.29, 1.82) is 0 Å². The van der Waals surface area contributed by atoms with Crippen LogP contribution in [0.3, 0.4) is 0 Å². The number of allylic oxidation sites excluding steroid dienone is 9. The molecule has 47 heavy (non-hydrogen) atoms. The van der Waals surface area contributed by atoms with E-state index in [0.717, 1.165) is 48.5 Å². The molecule has 1 aliphatic rings. The highest BCUT2D eigenvalue weighted by Crippen LogP contribution is 2.30. The van der Waals surface area contributed by atoms with Crippen molar-refractivity contribution in [3.8, 4) is 0 Å². The van der Waals surface area contributed by atoms with Crippen LogP contribution in [0, 0.1) is 0 Å². The van der Waals surface area contributed by atoms with E-state index in [-0.39, 0.29) is 0 Å². The molecule has 1 aliphatic carbocycles. The number of rotatable bonds is 14. The quantitative estimate of drug-likeness (QED) is 0.0966. The maximum absolute atomic E-state index is 6.08. The summed E-state index contributed by atoms with van der Waals surface area (Å²) in [4.78, 5) is 6.73. The van der Waals surface area contributed by atoms with Crippen molar-refractivity contribution < 1.29 is 4.58 Å². The zero-order valence-electron chi connectivity index (χ0n) is 28.8. The van der Waals surface area contributed by atoms with Crippen molar-refractivity contribution >= 4 is 57.1 Å². The van der Waals surface area contributed by atoms with Crippen LogP contribution >= 0.6 is 23.2 Å². The molecule has 0 heterocycles. The van der Waals surface area contributed by atoms with Gasteiger partial charge in [-0.25, -0.2) is 4.58 Å². The minimum atomic E-state index is 0.605. The highest BCUT2D eigenvalue weighted by atomic mass is 35.5. The first-order valence-corrected chi connectivity index (χ1v) is 17.5. The maximum atomic E-state index is 6.08. The zero-order valence-corrected chi connectivity index (χ0v) is 30.3. The van der Waals surface area contributed by atoms with Gasteiger partial charge in [0.25, 0.3) is 0 Å². The van der Waals surface area contributed by atoms with Crippen LogP contribution in [0.1, 0.15) is 30.5 Å². The number of nitrogens with zero attached hydrogens (tertiary/aromatic N) is 4. The molecule has 0 bridgehead atoms. The van der Waals surface area contributed by atoms with Gasteiger partial charge in [0, 0.05) is 81.2 Å². The van der Waals surface area contributed by atoms with Crippen LogP contribution in [-0.4, -0.2) is 76.4 Å². The molecule has 6 heteroatoms. The molecule has 0 aliphatic heterocycles. The monoisotopic (exact) mass is 667 g/mol. The lowest BCUT2D eigenvalue weighted by Gasteiger charge is -2.22. The van der Waals surface area contributed by atoms with Gasteiger partial charge in [-0.05, 0) is 95.8 Å². The number of benzene rings is 3. The van der Waals surface area contributed by atoms with Crippen molar-refractivity contribution in [1.82, 2.24) is 0 Å². The van der Waals surface area contributed by atoms with Gasteiger partial charge in [-0.3, -0.25) is 0 Å². The molecule has 0 fully saturated rings. The van der Waals surface area contributed by atoms with Gasteiger partial charge in [0.2, 0.25) is 0 Å². The lowest BCUT2D eigenvalue weighted by atomic mass is 9.94. The Morgan fingerprint density at radius 3 is 1.49 bits per heavy atom. The number of alkyl halides is 2. The summed E-state index contributed by atoms with van der Waals surface area (Å²) in [5.74, 6) is 1.21. The first kappa shape index (κ1) is 35.9. The predicted molar refractivity (Wildman–Crippen MR) is 209 cm³/mol. The summed E-state index contributed by atoms with van der Waals surface area (Å²) >= 11 is 12.2. The highest BCUT2D eigenvalue weighted by Gasteiger charge is 2.12. The fraction of sp³-hybridized carbons (Fsp3) is 0.293. The number of halogens is 2. The summed E-state index contributed by atoms with van der Waals surface area (Å²) in [5, 5.41) is 0. The number of anilines is 3. The normalized spacial score (nSPS) is 13.0. The summed E-state index contributed by atoms with van der Waals surface area (Å²) in [7, 11) is 8.28. The van der Waals surface area contributed by atoms with E-state index in [2.05, 4.69) is 177 Å². The Balaban J connectivity index is 1.78. The molecule has 0 N–H and O–H groups in total. The molecule has 0 unspecified atom stereocenters. The average molecular weight is 669 g/mol. The summed E-state index contributed by atoms with van der Waals surface area (Å²) in [6.07, 6.45) is 15.4. The van der Waals surface area contributed by atoms with E-state index >= 15 is 0 Å². The SMILES string of the molecule is CCN(CCCl)c1ccc(C(=CC=CC(=C2C=CC(=[N+](C)C)C=C2)c2ccc(N(CC)CCCl)cc2)c2ccc(N(C)C)cc2)cc1. The van der Waals surface area contributed by atoms with E-state index in [4.69, 9.17) is 23.2 Å². The third-order valence-corrected chi connectivity index (χ3v) is 8.81. The third-order valence-electron chi connectivity index (χ3n) is 8.47. The van der Waals surface area contributed by atoms with Gasteiger partial charge in [-0.15, -0.1) is 23.2 Å². The van der Waals surface area contributed by atoms with E-state index in [9.17, 15) is 0 Å². The van der Waals surface area contributed by atoms with E-state index in [1.54, 1.807) is 0 Å². The van der Waals surface area contributed by atoms with Gasteiger partial charge in [-0.2, -0.15) is 0 Å². The van der Waals surface area contributed by atoms with Crippen molar-refractivity contribution in [2.24, 2.45) is 0 Å². The van der Waals surface area contributed by atoms with Crippen LogP contribution in [0.5, 0.6) is 0 Å². The lowest BCUT2D eigenvalue weighted by molar-refractivity contribution is -0.462. The maximum Gasteiger partial charge on any atom is 0.199 e. The molecule has 0 amide bonds. The summed E-state index contributed by atoms with van der Waals surface area (Å²) in [6, 6.07) is 26.4. The molecule has 4 rings (SSSR count). The second-order valence-electron chi connectivity index (χ2n) is 11.9. The Hall–Kier alpha value is -3.99. The number of hydrogen-bond acceptors (Lipinski definition) is 3. The van der Waals surface area contributed by atoms with Gasteiger partial charge in [0.1, 0.15) is 14.1 Å². The van der Waals surface area contributed by atoms with Crippen LogP contribution in [0.2, 0.25) is 0 Å². The van der Waals surface area contributed by atoms with Crippen molar-refractivity contribution in [3.63, 3.8) is 0 Å².